The number of hydrogen-bond acceptors (Lipinski definition) is 6. The standard InChI is InChI=1S/C22H29N3O5S.ClH/c1-30-22(27)20(16-18-11-6-3-7-12-18)25-31(28,29)14-8-13-24-21(26)19(23)15-17-9-4-2-5-10-17;/h2-7,9-12,19-20,25H,8,13-16,23H2,1H3,(H,24,26);1H/t19-,20-;/m0./s1. The molecule has 32 heavy (non-hydrogen) atoms. The molecule has 4 N–H and O–H groups in total. The highest BCUT2D eigenvalue weighted by Crippen LogP contribution is 2.06. The maximum atomic E-state index is 12.4. The summed E-state index contributed by atoms with van der Waals surface area (Å²) in [5.41, 5.74) is 7.67. The van der Waals surface area contributed by atoms with Crippen LogP contribution in [0.25, 0.3) is 0 Å². The van der Waals surface area contributed by atoms with Crippen molar-refractivity contribution < 1.29 is 22.7 Å². The lowest BCUT2D eigenvalue weighted by molar-refractivity contribution is -0.142. The first-order chi connectivity index (χ1) is 14.8. The van der Waals surface area contributed by atoms with E-state index in [9.17, 15) is 18.0 Å². The van der Waals surface area contributed by atoms with Gasteiger partial charge in [-0.1, -0.05) is 60.7 Å². The number of ether oxygens (including phenoxy) is 1. The zero-order valence-corrected chi connectivity index (χ0v) is 19.5. The molecular formula is C22H30ClN3O5S. The van der Waals surface area contributed by atoms with Gasteiger partial charge in [0.25, 0.3) is 0 Å². The molecule has 2 aromatic rings. The number of benzene rings is 2. The Morgan fingerprint density at radius 3 is 2.03 bits per heavy atom. The Morgan fingerprint density at radius 2 is 1.50 bits per heavy atom. The largest absolute Gasteiger partial charge is 0.468 e. The van der Waals surface area contributed by atoms with Crippen molar-refractivity contribution in [2.75, 3.05) is 19.4 Å². The highest BCUT2D eigenvalue weighted by atomic mass is 35.5. The van der Waals surface area contributed by atoms with Crippen LogP contribution in [0.5, 0.6) is 0 Å². The molecule has 176 valence electrons. The van der Waals surface area contributed by atoms with E-state index in [2.05, 4.69) is 10.0 Å². The number of sulfonamides is 1. The summed E-state index contributed by atoms with van der Waals surface area (Å²) in [5.74, 6) is -1.25. The molecule has 0 unspecified atom stereocenters. The molecule has 0 spiro atoms. The van der Waals surface area contributed by atoms with Crippen molar-refractivity contribution in [1.82, 2.24) is 10.0 Å². The van der Waals surface area contributed by atoms with Gasteiger partial charge in [-0.3, -0.25) is 9.59 Å². The van der Waals surface area contributed by atoms with Crippen molar-refractivity contribution in [1.29, 1.82) is 0 Å². The number of methoxy groups -OCH3 is 1. The second-order valence-corrected chi connectivity index (χ2v) is 9.02. The van der Waals surface area contributed by atoms with Crippen LogP contribution >= 0.6 is 12.4 Å². The van der Waals surface area contributed by atoms with Gasteiger partial charge in [-0.15, -0.1) is 12.4 Å². The van der Waals surface area contributed by atoms with Crippen LogP contribution in [-0.4, -0.2) is 51.8 Å². The second-order valence-electron chi connectivity index (χ2n) is 7.14. The molecule has 8 nitrogen and oxygen atoms in total. The van der Waals surface area contributed by atoms with E-state index in [0.717, 1.165) is 11.1 Å². The van der Waals surface area contributed by atoms with Gasteiger partial charge in [-0.05, 0) is 30.4 Å². The van der Waals surface area contributed by atoms with E-state index < -0.39 is 28.1 Å². The topological polar surface area (TPSA) is 128 Å². The van der Waals surface area contributed by atoms with Gasteiger partial charge in [0, 0.05) is 6.54 Å². The number of esters is 1. The Balaban J connectivity index is 0.00000512. The summed E-state index contributed by atoms with van der Waals surface area (Å²) in [6.45, 7) is 0.157. The summed E-state index contributed by atoms with van der Waals surface area (Å²) in [7, 11) is -2.54. The van der Waals surface area contributed by atoms with Gasteiger partial charge in [0.1, 0.15) is 6.04 Å². The third-order valence-electron chi connectivity index (χ3n) is 4.61. The zero-order valence-electron chi connectivity index (χ0n) is 17.9. The maximum Gasteiger partial charge on any atom is 0.324 e. The van der Waals surface area contributed by atoms with Crippen molar-refractivity contribution in [3.63, 3.8) is 0 Å². The molecule has 0 saturated carbocycles. The summed E-state index contributed by atoms with van der Waals surface area (Å²) in [4.78, 5) is 24.1. The number of carbonyl (C=O) groups excluding carboxylic acids is 2. The molecule has 0 saturated heterocycles. The molecule has 0 aliphatic heterocycles. The van der Waals surface area contributed by atoms with Gasteiger partial charge in [0.2, 0.25) is 15.9 Å². The predicted molar refractivity (Wildman–Crippen MR) is 126 cm³/mol. The SMILES string of the molecule is COC(=O)[C@H](Cc1ccccc1)NS(=O)(=O)CCCNC(=O)[C@@H](N)Cc1ccccc1.Cl. The fraction of sp³-hybridized carbons (Fsp3) is 0.364. The second kappa shape index (κ2) is 13.8. The zero-order chi connectivity index (χ0) is 22.7. The molecule has 0 radical (unpaired) electrons. The number of halogens is 1. The monoisotopic (exact) mass is 483 g/mol. The molecule has 10 heteroatoms. The van der Waals surface area contributed by atoms with Gasteiger partial charge in [-0.2, -0.15) is 0 Å². The highest BCUT2D eigenvalue weighted by Gasteiger charge is 2.25. The third kappa shape index (κ3) is 9.78. The number of rotatable bonds is 12. The van der Waals surface area contributed by atoms with E-state index >= 15 is 0 Å². The summed E-state index contributed by atoms with van der Waals surface area (Å²) < 4.78 is 32.0. The number of hydrogen-bond donors (Lipinski definition) is 3. The summed E-state index contributed by atoms with van der Waals surface area (Å²) in [6, 6.07) is 16.7. The fourth-order valence-corrected chi connectivity index (χ4v) is 4.26. The molecule has 2 rings (SSSR count). The molecule has 0 aliphatic rings. The van der Waals surface area contributed by atoms with Crippen LogP contribution in [0.1, 0.15) is 17.5 Å². The van der Waals surface area contributed by atoms with Crippen LogP contribution in [0.2, 0.25) is 0 Å². The molecule has 0 fully saturated rings. The molecule has 2 atom stereocenters. The number of amides is 1. The first-order valence-corrected chi connectivity index (χ1v) is 11.6. The van der Waals surface area contributed by atoms with E-state index in [1.807, 2.05) is 48.5 Å². The minimum Gasteiger partial charge on any atom is -0.468 e. The summed E-state index contributed by atoms with van der Waals surface area (Å²) in [6.07, 6.45) is 0.753. The van der Waals surface area contributed by atoms with Crippen molar-refractivity contribution in [2.45, 2.75) is 31.3 Å². The first kappa shape index (κ1) is 27.6. The van der Waals surface area contributed by atoms with E-state index in [0.29, 0.717) is 6.42 Å². The predicted octanol–water partition coefficient (Wildman–Crippen LogP) is 1.19. The van der Waals surface area contributed by atoms with Gasteiger partial charge >= 0.3 is 5.97 Å². The number of nitrogens with one attached hydrogen (secondary N) is 2. The first-order valence-electron chi connectivity index (χ1n) is 9.99. The Kier molecular flexibility index (Phi) is 11.9. The van der Waals surface area contributed by atoms with Crippen LogP contribution in [0.4, 0.5) is 0 Å². The van der Waals surface area contributed by atoms with Crippen molar-refractivity contribution in [2.24, 2.45) is 5.73 Å². The molecule has 0 heterocycles. The average Bonchev–Trinajstić information content (AvgIpc) is 2.76. The lowest BCUT2D eigenvalue weighted by Gasteiger charge is -2.17. The van der Waals surface area contributed by atoms with Crippen LogP contribution in [0, 0.1) is 0 Å². The molecular weight excluding hydrogens is 454 g/mol. The summed E-state index contributed by atoms with van der Waals surface area (Å²) in [5, 5.41) is 2.65. The Labute approximate surface area is 195 Å². The van der Waals surface area contributed by atoms with E-state index in [1.54, 1.807) is 12.1 Å². The number of carbonyl (C=O) groups is 2. The van der Waals surface area contributed by atoms with Crippen molar-refractivity contribution in [3.8, 4) is 0 Å². The Hall–Kier alpha value is -2.46. The Morgan fingerprint density at radius 1 is 0.969 bits per heavy atom. The van der Waals surface area contributed by atoms with E-state index in [4.69, 9.17) is 10.5 Å². The van der Waals surface area contributed by atoms with Crippen molar-refractivity contribution >= 4 is 34.3 Å². The smallest absolute Gasteiger partial charge is 0.324 e. The quantitative estimate of drug-likeness (QED) is 0.307. The van der Waals surface area contributed by atoms with Gasteiger partial charge in [0.05, 0.1) is 18.9 Å². The Bertz CT molecular complexity index is 943. The average molecular weight is 484 g/mol. The van der Waals surface area contributed by atoms with Crippen molar-refractivity contribution in [3.05, 3.63) is 71.8 Å². The highest BCUT2D eigenvalue weighted by molar-refractivity contribution is 7.89. The number of nitrogens with two attached hydrogens (primary N) is 1. The normalized spacial score (nSPS) is 12.8. The van der Waals surface area contributed by atoms with E-state index in [-0.39, 0.29) is 43.5 Å². The molecule has 0 aromatic heterocycles. The fourth-order valence-electron chi connectivity index (χ4n) is 3.01. The van der Waals surface area contributed by atoms with Crippen LogP contribution in [-0.2, 0) is 37.2 Å². The minimum atomic E-state index is -3.76. The molecule has 1 amide bonds. The third-order valence-corrected chi connectivity index (χ3v) is 6.08. The minimum absolute atomic E-state index is 0. The van der Waals surface area contributed by atoms with Gasteiger partial charge < -0.3 is 15.8 Å². The molecule has 0 aliphatic carbocycles. The maximum absolute atomic E-state index is 12.4. The lowest BCUT2D eigenvalue weighted by atomic mass is 10.1. The van der Waals surface area contributed by atoms with Gasteiger partial charge in [-0.25, -0.2) is 13.1 Å². The molecule has 2 aromatic carbocycles. The molecule has 0 bridgehead atoms. The van der Waals surface area contributed by atoms with Crippen LogP contribution in [0.3, 0.4) is 0 Å². The van der Waals surface area contributed by atoms with Gasteiger partial charge in [0.15, 0.2) is 0 Å². The lowest BCUT2D eigenvalue weighted by Crippen LogP contribution is -2.45. The summed E-state index contributed by atoms with van der Waals surface area (Å²) >= 11 is 0. The van der Waals surface area contributed by atoms with E-state index in [1.165, 1.54) is 7.11 Å². The van der Waals surface area contributed by atoms with Crippen LogP contribution in [0.15, 0.2) is 60.7 Å². The van der Waals surface area contributed by atoms with Crippen LogP contribution < -0.4 is 15.8 Å².